The van der Waals surface area contributed by atoms with Gasteiger partial charge in [0.15, 0.2) is 0 Å². The number of anilines is 3. The number of aryl methyl sites for hydroxylation is 1. The maximum absolute atomic E-state index is 12.3. The average Bonchev–Trinajstić information content (AvgIpc) is 3.43. The number of aromatic nitrogens is 3. The van der Waals surface area contributed by atoms with Crippen LogP contribution in [0, 0.1) is 6.92 Å². The highest BCUT2D eigenvalue weighted by molar-refractivity contribution is 7.09. The molecule has 8 nitrogen and oxygen atoms in total. The number of rotatable bonds is 7. The van der Waals surface area contributed by atoms with E-state index in [4.69, 9.17) is 12.6 Å². The third kappa shape index (κ3) is 5.52. The van der Waals surface area contributed by atoms with Gasteiger partial charge in [-0.2, -0.15) is 4.98 Å². The molecule has 10 heteroatoms. The van der Waals surface area contributed by atoms with E-state index >= 15 is 0 Å². The van der Waals surface area contributed by atoms with Gasteiger partial charge >= 0.3 is 6.03 Å². The van der Waals surface area contributed by atoms with Crippen molar-refractivity contribution in [1.29, 1.82) is 0 Å². The number of nitrogens with one attached hydrogen (secondary N) is 2. The standard InChI is InChI=1S/C21H23BN6O2S/c1-14-18(31-13-24-14)7-10-30-19-17(22)12-23-20(27-19)25-15-5-4-6-16(11-15)26-21(29)28-8-2-3-9-28/h4-6,11-13H,2-3,7-10H2,1H3,(H,26,29)(H,23,25,27). The zero-order valence-corrected chi connectivity index (χ0v) is 18.1. The molecule has 2 aromatic heterocycles. The van der Waals surface area contributed by atoms with Crippen LogP contribution in [0.5, 0.6) is 5.88 Å². The summed E-state index contributed by atoms with van der Waals surface area (Å²) in [6.07, 6.45) is 4.36. The Bertz CT molecular complexity index is 1050. The number of hydrogen-bond donors (Lipinski definition) is 2. The largest absolute Gasteiger partial charge is 0.478 e. The van der Waals surface area contributed by atoms with Gasteiger partial charge in [-0.25, -0.2) is 14.8 Å². The van der Waals surface area contributed by atoms with Crippen LogP contribution in [0.2, 0.25) is 0 Å². The van der Waals surface area contributed by atoms with Crippen LogP contribution in [0.3, 0.4) is 0 Å². The second-order valence-corrected chi connectivity index (χ2v) is 8.18. The molecule has 0 atom stereocenters. The molecule has 1 aliphatic heterocycles. The fraction of sp³-hybridized carbons (Fsp3) is 0.333. The van der Waals surface area contributed by atoms with E-state index in [0.717, 1.165) is 43.7 Å². The van der Waals surface area contributed by atoms with Crippen LogP contribution in [-0.4, -0.2) is 53.4 Å². The van der Waals surface area contributed by atoms with Crippen molar-refractivity contribution in [3.05, 3.63) is 46.5 Å². The summed E-state index contributed by atoms with van der Waals surface area (Å²) in [5.74, 6) is 0.694. The van der Waals surface area contributed by atoms with Gasteiger partial charge in [0, 0.05) is 42.0 Å². The molecule has 0 spiro atoms. The number of ether oxygens (including phenoxy) is 1. The Morgan fingerprint density at radius 3 is 2.84 bits per heavy atom. The van der Waals surface area contributed by atoms with Gasteiger partial charge in [-0.3, -0.25) is 0 Å². The summed E-state index contributed by atoms with van der Waals surface area (Å²) in [4.78, 5) is 28.2. The SMILES string of the molecule is [B]c1cnc(Nc2cccc(NC(=O)N3CCCC3)c2)nc1OCCc1scnc1C. The zero-order chi connectivity index (χ0) is 21.6. The average molecular weight is 434 g/mol. The lowest BCUT2D eigenvalue weighted by Crippen LogP contribution is -2.32. The minimum atomic E-state index is -0.0785. The lowest BCUT2D eigenvalue weighted by Gasteiger charge is -2.16. The fourth-order valence-electron chi connectivity index (χ4n) is 3.28. The Balaban J connectivity index is 1.38. The number of carbonyl (C=O) groups is 1. The lowest BCUT2D eigenvalue weighted by molar-refractivity contribution is 0.222. The molecule has 3 aromatic rings. The number of likely N-dealkylation sites (tertiary alicyclic amines) is 1. The van der Waals surface area contributed by atoms with Crippen LogP contribution in [0.4, 0.5) is 22.1 Å². The Labute approximate surface area is 186 Å². The van der Waals surface area contributed by atoms with Crippen molar-refractivity contribution in [2.24, 2.45) is 0 Å². The summed E-state index contributed by atoms with van der Waals surface area (Å²) >= 11 is 1.61. The molecule has 2 radical (unpaired) electrons. The third-order valence-electron chi connectivity index (χ3n) is 4.96. The normalized spacial score (nSPS) is 13.3. The molecule has 31 heavy (non-hydrogen) atoms. The predicted octanol–water partition coefficient (Wildman–Crippen LogP) is 3.03. The number of amides is 2. The number of hydrogen-bond acceptors (Lipinski definition) is 7. The Hall–Kier alpha value is -3.14. The van der Waals surface area contributed by atoms with Crippen molar-refractivity contribution < 1.29 is 9.53 Å². The highest BCUT2D eigenvalue weighted by atomic mass is 32.1. The molecule has 1 aliphatic rings. The molecule has 1 saturated heterocycles. The maximum Gasteiger partial charge on any atom is 0.321 e. The monoisotopic (exact) mass is 434 g/mol. The number of urea groups is 1. The summed E-state index contributed by atoms with van der Waals surface area (Å²) in [6, 6.07) is 7.33. The number of carbonyl (C=O) groups excluding carboxylic acids is 1. The van der Waals surface area contributed by atoms with E-state index in [1.165, 1.54) is 11.1 Å². The Morgan fingerprint density at radius 2 is 2.06 bits per heavy atom. The van der Waals surface area contributed by atoms with Crippen LogP contribution in [0.15, 0.2) is 36.0 Å². The van der Waals surface area contributed by atoms with Crippen molar-refractivity contribution in [3.63, 3.8) is 0 Å². The topological polar surface area (TPSA) is 92.3 Å². The Morgan fingerprint density at radius 1 is 1.26 bits per heavy atom. The molecule has 4 rings (SSSR count). The second-order valence-electron chi connectivity index (χ2n) is 7.24. The van der Waals surface area contributed by atoms with Crippen LogP contribution in [-0.2, 0) is 6.42 Å². The van der Waals surface area contributed by atoms with E-state index in [0.29, 0.717) is 29.6 Å². The quantitative estimate of drug-likeness (QED) is 0.556. The van der Waals surface area contributed by atoms with Gasteiger partial charge in [0.05, 0.1) is 17.8 Å². The minimum absolute atomic E-state index is 0.0785. The summed E-state index contributed by atoms with van der Waals surface area (Å²) in [5.41, 5.74) is 4.67. The van der Waals surface area contributed by atoms with Crippen LogP contribution >= 0.6 is 11.3 Å². The lowest BCUT2D eigenvalue weighted by atomic mass is 10.00. The molecule has 3 heterocycles. The van der Waals surface area contributed by atoms with E-state index in [1.54, 1.807) is 11.3 Å². The zero-order valence-electron chi connectivity index (χ0n) is 17.3. The molecule has 0 aliphatic carbocycles. The highest BCUT2D eigenvalue weighted by Gasteiger charge is 2.17. The number of nitrogens with zero attached hydrogens (tertiary/aromatic N) is 4. The molecule has 2 amide bonds. The van der Waals surface area contributed by atoms with E-state index in [2.05, 4.69) is 25.6 Å². The summed E-state index contributed by atoms with van der Waals surface area (Å²) in [7, 11) is 5.97. The van der Waals surface area contributed by atoms with Crippen molar-refractivity contribution in [3.8, 4) is 5.88 Å². The van der Waals surface area contributed by atoms with Crippen molar-refractivity contribution >= 4 is 48.0 Å². The first-order valence-electron chi connectivity index (χ1n) is 10.2. The number of benzene rings is 1. The van der Waals surface area contributed by atoms with Crippen LogP contribution in [0.1, 0.15) is 23.4 Å². The van der Waals surface area contributed by atoms with E-state index in [9.17, 15) is 4.79 Å². The molecular weight excluding hydrogens is 411 g/mol. The van der Waals surface area contributed by atoms with Gasteiger partial charge in [0.2, 0.25) is 11.8 Å². The van der Waals surface area contributed by atoms with Gasteiger partial charge in [-0.15, -0.1) is 11.3 Å². The van der Waals surface area contributed by atoms with E-state index in [1.807, 2.05) is 41.6 Å². The first kappa shape index (κ1) is 21.1. The van der Waals surface area contributed by atoms with Gasteiger partial charge < -0.3 is 20.3 Å². The van der Waals surface area contributed by atoms with E-state index < -0.39 is 0 Å². The first-order valence-corrected chi connectivity index (χ1v) is 11.0. The number of thiazole rings is 1. The van der Waals surface area contributed by atoms with Crippen LogP contribution < -0.4 is 20.8 Å². The third-order valence-corrected chi connectivity index (χ3v) is 5.95. The highest BCUT2D eigenvalue weighted by Crippen LogP contribution is 2.20. The summed E-state index contributed by atoms with van der Waals surface area (Å²) in [6.45, 7) is 4.03. The summed E-state index contributed by atoms with van der Waals surface area (Å²) < 4.78 is 5.78. The smallest absolute Gasteiger partial charge is 0.321 e. The predicted molar refractivity (Wildman–Crippen MR) is 123 cm³/mol. The van der Waals surface area contributed by atoms with Crippen molar-refractivity contribution in [1.82, 2.24) is 19.9 Å². The minimum Gasteiger partial charge on any atom is -0.478 e. The molecular formula is C21H23BN6O2S. The van der Waals surface area contributed by atoms with Crippen molar-refractivity contribution in [2.45, 2.75) is 26.2 Å². The van der Waals surface area contributed by atoms with Gasteiger partial charge in [0.1, 0.15) is 7.85 Å². The Kier molecular flexibility index (Phi) is 6.66. The molecule has 0 saturated carbocycles. The van der Waals surface area contributed by atoms with Crippen LogP contribution in [0.25, 0.3) is 0 Å². The molecule has 0 bridgehead atoms. The molecule has 158 valence electrons. The molecule has 2 N–H and O–H groups in total. The second kappa shape index (κ2) is 9.78. The molecule has 1 fully saturated rings. The van der Waals surface area contributed by atoms with E-state index in [-0.39, 0.29) is 6.03 Å². The van der Waals surface area contributed by atoms with Gasteiger partial charge in [0.25, 0.3) is 0 Å². The van der Waals surface area contributed by atoms with Gasteiger partial charge in [-0.1, -0.05) is 6.07 Å². The molecule has 1 aromatic carbocycles. The van der Waals surface area contributed by atoms with Crippen molar-refractivity contribution in [2.75, 3.05) is 30.3 Å². The fourth-order valence-corrected chi connectivity index (χ4v) is 4.05. The first-order chi connectivity index (χ1) is 15.1. The van der Waals surface area contributed by atoms with Gasteiger partial charge in [-0.05, 0) is 43.4 Å². The molecule has 0 unspecified atom stereocenters. The summed E-state index contributed by atoms with van der Waals surface area (Å²) in [5, 5.41) is 6.07. The maximum atomic E-state index is 12.3.